The van der Waals surface area contributed by atoms with Crippen LogP contribution in [0.25, 0.3) is 0 Å². The van der Waals surface area contributed by atoms with Gasteiger partial charge in [-0.2, -0.15) is 4.31 Å². The first-order valence-corrected chi connectivity index (χ1v) is 9.68. The lowest BCUT2D eigenvalue weighted by Crippen LogP contribution is -2.44. The number of alkyl halides is 1. The third-order valence-corrected chi connectivity index (χ3v) is 6.58. The lowest BCUT2D eigenvalue weighted by molar-refractivity contribution is 0.220. The molecule has 1 aromatic carbocycles. The molecule has 1 aromatic rings. The molecule has 0 bridgehead atoms. The Bertz CT molecular complexity index is 567. The molecule has 0 amide bonds. The molecule has 1 aliphatic carbocycles. The summed E-state index contributed by atoms with van der Waals surface area (Å²) in [5.41, 5.74) is 1.94. The Morgan fingerprint density at radius 3 is 2.50 bits per heavy atom. The van der Waals surface area contributed by atoms with Gasteiger partial charge in [-0.05, 0) is 44.7 Å². The van der Waals surface area contributed by atoms with Crippen LogP contribution in [-0.4, -0.2) is 30.6 Å². The predicted molar refractivity (Wildman–Crippen MR) is 85.9 cm³/mol. The van der Waals surface area contributed by atoms with Gasteiger partial charge in [0, 0.05) is 17.9 Å². The number of aryl methyl sites for hydroxylation is 2. The molecule has 112 valence electrons. The van der Waals surface area contributed by atoms with Gasteiger partial charge in [-0.3, -0.25) is 0 Å². The zero-order valence-corrected chi connectivity index (χ0v) is 14.5. The summed E-state index contributed by atoms with van der Waals surface area (Å²) < 4.78 is 27.5. The molecule has 1 saturated carbocycles. The summed E-state index contributed by atoms with van der Waals surface area (Å²) in [6.45, 7) is 4.47. The van der Waals surface area contributed by atoms with Crippen LogP contribution in [0.4, 0.5) is 0 Å². The molecule has 3 nitrogen and oxygen atoms in total. The Morgan fingerprint density at radius 2 is 2.00 bits per heavy atom. The molecular formula is C15H22BrNO2S. The number of nitrogens with zero attached hydrogens (tertiary/aromatic N) is 1. The quantitative estimate of drug-likeness (QED) is 0.727. The Labute approximate surface area is 130 Å². The molecule has 0 spiro atoms. The van der Waals surface area contributed by atoms with Gasteiger partial charge in [0.15, 0.2) is 0 Å². The number of benzene rings is 1. The standard InChI is InChI=1S/C15H22BrNO2S/c1-12-7-8-15(13(2)11-12)20(18,19)17(10-4-9-16)14-5-3-6-14/h7-8,11,14H,3-6,9-10H2,1-2H3. The summed E-state index contributed by atoms with van der Waals surface area (Å²) in [6, 6.07) is 5.76. The number of hydrogen-bond acceptors (Lipinski definition) is 2. The fourth-order valence-corrected chi connectivity index (χ4v) is 4.79. The number of sulfonamides is 1. The van der Waals surface area contributed by atoms with E-state index in [4.69, 9.17) is 0 Å². The molecule has 2 rings (SSSR count). The normalized spacial score (nSPS) is 16.4. The van der Waals surface area contributed by atoms with Gasteiger partial charge in [0.1, 0.15) is 0 Å². The van der Waals surface area contributed by atoms with Crippen molar-refractivity contribution in [2.75, 3.05) is 11.9 Å². The second-order valence-corrected chi connectivity index (χ2v) is 8.16. The summed E-state index contributed by atoms with van der Waals surface area (Å²) in [7, 11) is -3.37. The van der Waals surface area contributed by atoms with Crippen molar-refractivity contribution in [2.24, 2.45) is 0 Å². The largest absolute Gasteiger partial charge is 0.243 e. The average Bonchev–Trinajstić information content (AvgIpc) is 2.31. The van der Waals surface area contributed by atoms with Crippen LogP contribution in [-0.2, 0) is 10.0 Å². The molecule has 0 aliphatic heterocycles. The predicted octanol–water partition coefficient (Wildman–Crippen LogP) is 3.63. The highest BCUT2D eigenvalue weighted by atomic mass is 79.9. The molecule has 5 heteroatoms. The summed E-state index contributed by atoms with van der Waals surface area (Å²) in [5, 5.41) is 0.832. The van der Waals surface area contributed by atoms with E-state index < -0.39 is 10.0 Å². The maximum Gasteiger partial charge on any atom is 0.243 e. The zero-order chi connectivity index (χ0) is 14.8. The van der Waals surface area contributed by atoms with Crippen molar-refractivity contribution in [3.8, 4) is 0 Å². The minimum atomic E-state index is -3.37. The molecular weight excluding hydrogens is 338 g/mol. The van der Waals surface area contributed by atoms with E-state index in [1.807, 2.05) is 26.0 Å². The van der Waals surface area contributed by atoms with Gasteiger partial charge in [0.2, 0.25) is 10.0 Å². The van der Waals surface area contributed by atoms with Crippen molar-refractivity contribution in [3.05, 3.63) is 29.3 Å². The van der Waals surface area contributed by atoms with Crippen molar-refractivity contribution < 1.29 is 8.42 Å². The molecule has 0 aromatic heterocycles. The number of halogens is 1. The molecule has 0 unspecified atom stereocenters. The lowest BCUT2D eigenvalue weighted by atomic mass is 9.93. The van der Waals surface area contributed by atoms with Gasteiger partial charge in [-0.25, -0.2) is 8.42 Å². The summed E-state index contributed by atoms with van der Waals surface area (Å²) in [5.74, 6) is 0. The third kappa shape index (κ3) is 3.26. The van der Waals surface area contributed by atoms with Crippen LogP contribution in [0.5, 0.6) is 0 Å². The van der Waals surface area contributed by atoms with E-state index in [-0.39, 0.29) is 6.04 Å². The van der Waals surface area contributed by atoms with Gasteiger partial charge < -0.3 is 0 Å². The summed E-state index contributed by atoms with van der Waals surface area (Å²) >= 11 is 3.39. The monoisotopic (exact) mass is 359 g/mol. The molecule has 0 N–H and O–H groups in total. The van der Waals surface area contributed by atoms with Crippen LogP contribution >= 0.6 is 15.9 Å². The van der Waals surface area contributed by atoms with Crippen molar-refractivity contribution in [1.29, 1.82) is 0 Å². The highest BCUT2D eigenvalue weighted by molar-refractivity contribution is 9.09. The second kappa shape index (κ2) is 6.58. The maximum absolute atomic E-state index is 12.9. The van der Waals surface area contributed by atoms with Gasteiger partial charge in [-0.15, -0.1) is 0 Å². The molecule has 0 heterocycles. The number of rotatable bonds is 6. The molecule has 0 radical (unpaired) electrons. The van der Waals surface area contributed by atoms with Crippen molar-refractivity contribution in [3.63, 3.8) is 0 Å². The van der Waals surface area contributed by atoms with Gasteiger partial charge in [0.25, 0.3) is 0 Å². The highest BCUT2D eigenvalue weighted by Crippen LogP contribution is 2.31. The van der Waals surface area contributed by atoms with Gasteiger partial charge in [0.05, 0.1) is 4.90 Å². The molecule has 1 aliphatic rings. The Kier molecular flexibility index (Phi) is 5.26. The Hall–Kier alpha value is -0.390. The van der Waals surface area contributed by atoms with Crippen molar-refractivity contribution >= 4 is 26.0 Å². The first-order chi connectivity index (χ1) is 9.46. The number of hydrogen-bond donors (Lipinski definition) is 0. The van der Waals surface area contributed by atoms with Gasteiger partial charge >= 0.3 is 0 Å². The minimum Gasteiger partial charge on any atom is -0.207 e. The second-order valence-electron chi connectivity index (χ2n) is 5.51. The third-order valence-electron chi connectivity index (χ3n) is 3.91. The van der Waals surface area contributed by atoms with Crippen LogP contribution < -0.4 is 0 Å². The smallest absolute Gasteiger partial charge is 0.207 e. The average molecular weight is 360 g/mol. The van der Waals surface area contributed by atoms with Crippen molar-refractivity contribution in [1.82, 2.24) is 4.31 Å². The fraction of sp³-hybridized carbons (Fsp3) is 0.600. The van der Waals surface area contributed by atoms with E-state index in [1.165, 1.54) is 0 Å². The highest BCUT2D eigenvalue weighted by Gasteiger charge is 2.35. The van der Waals surface area contributed by atoms with Crippen LogP contribution in [0.3, 0.4) is 0 Å². The molecule has 0 saturated heterocycles. The van der Waals surface area contributed by atoms with Crippen LogP contribution in [0.2, 0.25) is 0 Å². The Morgan fingerprint density at radius 1 is 1.30 bits per heavy atom. The van der Waals surface area contributed by atoms with E-state index in [0.717, 1.165) is 42.1 Å². The van der Waals surface area contributed by atoms with Crippen LogP contribution in [0.1, 0.15) is 36.8 Å². The molecule has 20 heavy (non-hydrogen) atoms. The van der Waals surface area contributed by atoms with Crippen molar-refractivity contribution in [2.45, 2.75) is 50.5 Å². The Balaban J connectivity index is 2.33. The van der Waals surface area contributed by atoms with Gasteiger partial charge in [-0.1, -0.05) is 40.0 Å². The molecule has 0 atom stereocenters. The maximum atomic E-state index is 12.9. The first kappa shape index (κ1) is 16.0. The topological polar surface area (TPSA) is 37.4 Å². The summed E-state index contributed by atoms with van der Waals surface area (Å²) in [4.78, 5) is 0.463. The van der Waals surface area contributed by atoms with E-state index in [0.29, 0.717) is 11.4 Å². The van der Waals surface area contributed by atoms with Crippen LogP contribution in [0.15, 0.2) is 23.1 Å². The van der Waals surface area contributed by atoms with E-state index >= 15 is 0 Å². The minimum absolute atomic E-state index is 0.194. The van der Waals surface area contributed by atoms with E-state index in [1.54, 1.807) is 10.4 Å². The zero-order valence-electron chi connectivity index (χ0n) is 12.1. The fourth-order valence-electron chi connectivity index (χ4n) is 2.60. The molecule has 1 fully saturated rings. The van der Waals surface area contributed by atoms with E-state index in [9.17, 15) is 8.42 Å². The van der Waals surface area contributed by atoms with E-state index in [2.05, 4.69) is 15.9 Å². The van der Waals surface area contributed by atoms with Crippen LogP contribution in [0, 0.1) is 13.8 Å². The first-order valence-electron chi connectivity index (χ1n) is 7.12. The lowest BCUT2D eigenvalue weighted by Gasteiger charge is -2.36. The summed E-state index contributed by atoms with van der Waals surface area (Å²) in [6.07, 6.45) is 3.97. The SMILES string of the molecule is Cc1ccc(S(=O)(=O)N(CCCBr)C2CCC2)c(C)c1.